The molecule has 0 aliphatic heterocycles. The van der Waals surface area contributed by atoms with Crippen molar-refractivity contribution in [3.8, 4) is 17.1 Å². The van der Waals surface area contributed by atoms with Crippen molar-refractivity contribution in [3.05, 3.63) is 47.2 Å². The normalized spacial score (nSPS) is 10.4. The Hall–Kier alpha value is -3.20. The molecule has 0 fully saturated rings. The summed E-state index contributed by atoms with van der Waals surface area (Å²) < 4.78 is 5.36. The summed E-state index contributed by atoms with van der Waals surface area (Å²) in [7, 11) is 0. The zero-order chi connectivity index (χ0) is 17.8. The van der Waals surface area contributed by atoms with E-state index in [1.54, 1.807) is 36.0 Å². The van der Waals surface area contributed by atoms with E-state index in [-0.39, 0.29) is 11.8 Å². The molecular weight excluding hydrogens is 342 g/mol. The van der Waals surface area contributed by atoms with Crippen LogP contribution in [0.25, 0.3) is 11.3 Å². The standard InChI is InChI=1S/C16H15N5O3S/c1-2-24-15-10(4-3-5-18-15)14(23)21-16-20-12(8-25-16)9-6-11(13(17)22)19-7-9/h3-8,19H,2H2,1H3,(H2,17,22)(H,20,21,23). The molecule has 3 aromatic heterocycles. The van der Waals surface area contributed by atoms with E-state index in [1.807, 2.05) is 6.92 Å². The van der Waals surface area contributed by atoms with Crippen LogP contribution in [0.2, 0.25) is 0 Å². The van der Waals surface area contributed by atoms with Gasteiger partial charge in [0.1, 0.15) is 11.3 Å². The van der Waals surface area contributed by atoms with E-state index in [4.69, 9.17) is 10.5 Å². The third-order valence-electron chi connectivity index (χ3n) is 3.27. The van der Waals surface area contributed by atoms with Crippen LogP contribution < -0.4 is 15.8 Å². The van der Waals surface area contributed by atoms with Crippen molar-refractivity contribution < 1.29 is 14.3 Å². The van der Waals surface area contributed by atoms with Gasteiger partial charge in [-0.15, -0.1) is 11.3 Å². The van der Waals surface area contributed by atoms with Gasteiger partial charge in [-0.2, -0.15) is 0 Å². The molecule has 2 amide bonds. The van der Waals surface area contributed by atoms with E-state index >= 15 is 0 Å². The van der Waals surface area contributed by atoms with Gasteiger partial charge >= 0.3 is 0 Å². The number of rotatable bonds is 6. The number of amides is 2. The van der Waals surface area contributed by atoms with Gasteiger partial charge in [0.05, 0.1) is 12.3 Å². The van der Waals surface area contributed by atoms with Gasteiger partial charge in [0.15, 0.2) is 5.13 Å². The minimum absolute atomic E-state index is 0.274. The van der Waals surface area contributed by atoms with E-state index < -0.39 is 5.91 Å². The Morgan fingerprint density at radius 1 is 1.44 bits per heavy atom. The number of H-pyrrole nitrogens is 1. The number of hydrogen-bond donors (Lipinski definition) is 3. The molecular formula is C16H15N5O3S. The number of carbonyl (C=O) groups is 2. The van der Waals surface area contributed by atoms with Gasteiger partial charge in [-0.25, -0.2) is 9.97 Å². The van der Waals surface area contributed by atoms with Crippen LogP contribution in [0.1, 0.15) is 27.8 Å². The summed E-state index contributed by atoms with van der Waals surface area (Å²) in [6.07, 6.45) is 3.19. The number of pyridine rings is 1. The summed E-state index contributed by atoms with van der Waals surface area (Å²) in [5.74, 6) is -0.629. The molecule has 0 bridgehead atoms. The van der Waals surface area contributed by atoms with Gasteiger partial charge in [-0.05, 0) is 25.1 Å². The molecule has 25 heavy (non-hydrogen) atoms. The monoisotopic (exact) mass is 357 g/mol. The van der Waals surface area contributed by atoms with Gasteiger partial charge in [-0.3, -0.25) is 14.9 Å². The molecule has 128 valence electrons. The maximum atomic E-state index is 12.4. The quantitative estimate of drug-likeness (QED) is 0.624. The Labute approximate surface area is 147 Å². The fourth-order valence-corrected chi connectivity index (χ4v) is 2.84. The van der Waals surface area contributed by atoms with Crippen molar-refractivity contribution in [2.75, 3.05) is 11.9 Å². The first kappa shape index (κ1) is 16.7. The van der Waals surface area contributed by atoms with Crippen LogP contribution in [-0.4, -0.2) is 33.4 Å². The van der Waals surface area contributed by atoms with Crippen LogP contribution in [0.4, 0.5) is 5.13 Å². The van der Waals surface area contributed by atoms with E-state index in [9.17, 15) is 9.59 Å². The molecule has 3 heterocycles. The lowest BCUT2D eigenvalue weighted by Gasteiger charge is -2.07. The Morgan fingerprint density at radius 2 is 2.28 bits per heavy atom. The van der Waals surface area contributed by atoms with Crippen molar-refractivity contribution in [1.29, 1.82) is 0 Å². The summed E-state index contributed by atoms with van der Waals surface area (Å²) in [4.78, 5) is 34.7. The molecule has 8 nitrogen and oxygen atoms in total. The van der Waals surface area contributed by atoms with Gasteiger partial charge in [0.25, 0.3) is 11.8 Å². The lowest BCUT2D eigenvalue weighted by atomic mass is 10.2. The molecule has 0 aliphatic rings. The number of anilines is 1. The number of nitrogens with one attached hydrogen (secondary N) is 2. The number of aromatic amines is 1. The number of thiazole rings is 1. The van der Waals surface area contributed by atoms with Crippen molar-refractivity contribution >= 4 is 28.3 Å². The van der Waals surface area contributed by atoms with Crippen LogP contribution in [-0.2, 0) is 0 Å². The zero-order valence-corrected chi connectivity index (χ0v) is 14.1. The smallest absolute Gasteiger partial charge is 0.265 e. The van der Waals surface area contributed by atoms with Gasteiger partial charge in [0, 0.05) is 23.3 Å². The minimum Gasteiger partial charge on any atom is -0.477 e. The molecule has 0 atom stereocenters. The summed E-state index contributed by atoms with van der Waals surface area (Å²) >= 11 is 1.27. The molecule has 3 aromatic rings. The first-order chi connectivity index (χ1) is 12.1. The Bertz CT molecular complexity index is 918. The Kier molecular flexibility index (Phi) is 4.75. The van der Waals surface area contributed by atoms with Crippen LogP contribution in [0, 0.1) is 0 Å². The van der Waals surface area contributed by atoms with Crippen LogP contribution in [0.15, 0.2) is 36.0 Å². The van der Waals surface area contributed by atoms with Crippen molar-refractivity contribution in [2.24, 2.45) is 5.73 Å². The first-order valence-corrected chi connectivity index (χ1v) is 8.29. The zero-order valence-electron chi connectivity index (χ0n) is 13.3. The SMILES string of the molecule is CCOc1ncccc1C(=O)Nc1nc(-c2c[nH]c(C(N)=O)c2)cs1. The highest BCUT2D eigenvalue weighted by Gasteiger charge is 2.16. The second-order valence-corrected chi connectivity index (χ2v) is 5.81. The molecule has 0 aromatic carbocycles. The lowest BCUT2D eigenvalue weighted by molar-refractivity contribution is 0.0993. The van der Waals surface area contributed by atoms with E-state index in [1.165, 1.54) is 11.3 Å². The number of ether oxygens (including phenoxy) is 1. The molecule has 0 spiro atoms. The van der Waals surface area contributed by atoms with E-state index in [2.05, 4.69) is 20.3 Å². The fourth-order valence-electron chi connectivity index (χ4n) is 2.13. The molecule has 0 radical (unpaired) electrons. The highest BCUT2D eigenvalue weighted by atomic mass is 32.1. The molecule has 3 rings (SSSR count). The van der Waals surface area contributed by atoms with Gasteiger partial charge < -0.3 is 15.5 Å². The molecule has 4 N–H and O–H groups in total. The molecule has 0 unspecified atom stereocenters. The number of nitrogens with two attached hydrogens (primary N) is 1. The van der Waals surface area contributed by atoms with Crippen molar-refractivity contribution in [2.45, 2.75) is 6.92 Å². The highest BCUT2D eigenvalue weighted by molar-refractivity contribution is 7.14. The predicted octanol–water partition coefficient (Wildman–Crippen LogP) is 2.28. The second kappa shape index (κ2) is 7.14. The molecule has 9 heteroatoms. The van der Waals surface area contributed by atoms with E-state index in [0.29, 0.717) is 34.3 Å². The highest BCUT2D eigenvalue weighted by Crippen LogP contribution is 2.26. The first-order valence-electron chi connectivity index (χ1n) is 7.41. The van der Waals surface area contributed by atoms with Crippen molar-refractivity contribution in [1.82, 2.24) is 15.0 Å². The molecule has 0 saturated carbocycles. The Morgan fingerprint density at radius 3 is 3.00 bits per heavy atom. The summed E-state index contributed by atoms with van der Waals surface area (Å²) in [6.45, 7) is 2.23. The average molecular weight is 357 g/mol. The average Bonchev–Trinajstić information content (AvgIpc) is 3.24. The number of hydrogen-bond acceptors (Lipinski definition) is 6. The predicted molar refractivity (Wildman–Crippen MR) is 93.8 cm³/mol. The maximum absolute atomic E-state index is 12.4. The summed E-state index contributed by atoms with van der Waals surface area (Å²) in [5, 5.41) is 4.92. The summed E-state index contributed by atoms with van der Waals surface area (Å²) in [6, 6.07) is 4.90. The third-order valence-corrected chi connectivity index (χ3v) is 4.02. The van der Waals surface area contributed by atoms with Gasteiger partial charge in [0.2, 0.25) is 5.88 Å². The number of primary amides is 1. The molecule has 0 saturated heterocycles. The minimum atomic E-state index is -0.546. The number of carbonyl (C=O) groups excluding carboxylic acids is 2. The van der Waals surface area contributed by atoms with Gasteiger partial charge in [-0.1, -0.05) is 0 Å². The van der Waals surface area contributed by atoms with Crippen LogP contribution in [0.5, 0.6) is 5.88 Å². The number of nitrogens with zero attached hydrogens (tertiary/aromatic N) is 2. The van der Waals surface area contributed by atoms with Crippen LogP contribution in [0.3, 0.4) is 0 Å². The van der Waals surface area contributed by atoms with Crippen molar-refractivity contribution in [3.63, 3.8) is 0 Å². The fraction of sp³-hybridized carbons (Fsp3) is 0.125. The Balaban J connectivity index is 1.77. The van der Waals surface area contributed by atoms with Crippen LogP contribution >= 0.6 is 11.3 Å². The largest absolute Gasteiger partial charge is 0.477 e. The second-order valence-electron chi connectivity index (χ2n) is 4.95. The maximum Gasteiger partial charge on any atom is 0.265 e. The topological polar surface area (TPSA) is 123 Å². The third kappa shape index (κ3) is 3.66. The summed E-state index contributed by atoms with van der Waals surface area (Å²) in [5.41, 5.74) is 7.18. The lowest BCUT2D eigenvalue weighted by Crippen LogP contribution is -2.14. The molecule has 0 aliphatic carbocycles. The number of aromatic nitrogens is 3. The van der Waals surface area contributed by atoms with E-state index in [0.717, 1.165) is 0 Å².